The summed E-state index contributed by atoms with van der Waals surface area (Å²) in [7, 11) is -0.607. The number of carbonyl (C=O) groups is 4. The molecule has 176 valence electrons. The van der Waals surface area contributed by atoms with Crippen molar-refractivity contribution >= 4 is 30.9 Å². The third-order valence-electron chi connectivity index (χ3n) is 4.60. The van der Waals surface area contributed by atoms with Crippen LogP contribution in [0.25, 0.3) is 0 Å². The number of carbonyl (C=O) groups excluding carboxylic acids is 4. The van der Waals surface area contributed by atoms with Gasteiger partial charge in [-0.2, -0.15) is 0 Å². The van der Waals surface area contributed by atoms with Crippen LogP contribution in [-0.4, -0.2) is 71.6 Å². The van der Waals surface area contributed by atoms with E-state index in [0.717, 1.165) is 17.7 Å². The molecule has 1 aromatic carbocycles. The van der Waals surface area contributed by atoms with Crippen LogP contribution in [-0.2, 0) is 25.5 Å². The molecule has 0 saturated carbocycles. The zero-order chi connectivity index (χ0) is 24.3. The Morgan fingerprint density at radius 1 is 1.06 bits per heavy atom. The van der Waals surface area contributed by atoms with Crippen molar-refractivity contribution in [1.82, 2.24) is 21.1 Å². The van der Waals surface area contributed by atoms with Gasteiger partial charge in [-0.3, -0.25) is 19.8 Å². The van der Waals surface area contributed by atoms with E-state index in [-0.39, 0.29) is 12.3 Å². The number of methoxy groups -OCH3 is 1. The Balaban J connectivity index is 3.00. The zero-order valence-electron chi connectivity index (χ0n) is 18.7. The summed E-state index contributed by atoms with van der Waals surface area (Å²) in [4.78, 5) is 49.8. The standard InChI is InChI=1S/C20H31BN4O7/c1-13(2)17(23-20(29)32-4)19(28)24-25(14(3)18(27)22-12-21(30)31)16(26)11-10-15-8-6-5-7-9-15/h5-9,13-14,17,30-31H,10-12H2,1-4H3,(H,22,27)(H,23,29)(H,24,28)/t14-,17-/m0/s1. The number of ether oxygens (including phenoxy) is 1. The van der Waals surface area contributed by atoms with Crippen molar-refractivity contribution < 1.29 is 34.0 Å². The lowest BCUT2D eigenvalue weighted by atomic mass is 9.92. The van der Waals surface area contributed by atoms with Gasteiger partial charge in [-0.15, -0.1) is 0 Å². The van der Waals surface area contributed by atoms with Crippen LogP contribution in [0.4, 0.5) is 4.79 Å². The second kappa shape index (κ2) is 13.3. The van der Waals surface area contributed by atoms with Gasteiger partial charge in [0.25, 0.3) is 5.91 Å². The molecule has 11 nitrogen and oxygen atoms in total. The first-order valence-corrected chi connectivity index (χ1v) is 10.2. The molecule has 0 unspecified atom stereocenters. The van der Waals surface area contributed by atoms with Crippen LogP contribution in [0.3, 0.4) is 0 Å². The van der Waals surface area contributed by atoms with Gasteiger partial charge in [-0.05, 0) is 24.8 Å². The summed E-state index contributed by atoms with van der Waals surface area (Å²) in [6.07, 6.45) is -0.879. The Morgan fingerprint density at radius 2 is 1.69 bits per heavy atom. The van der Waals surface area contributed by atoms with E-state index >= 15 is 0 Å². The molecule has 0 aromatic heterocycles. The highest BCUT2D eigenvalue weighted by Gasteiger charge is 2.32. The van der Waals surface area contributed by atoms with Crippen molar-refractivity contribution in [2.24, 2.45) is 5.92 Å². The van der Waals surface area contributed by atoms with E-state index in [1.165, 1.54) is 6.92 Å². The molecule has 0 fully saturated rings. The van der Waals surface area contributed by atoms with Crippen LogP contribution in [0.1, 0.15) is 32.8 Å². The summed E-state index contributed by atoms with van der Waals surface area (Å²) in [6.45, 7) is 4.78. The Bertz CT molecular complexity index is 776. The summed E-state index contributed by atoms with van der Waals surface area (Å²) in [6, 6.07) is 7.03. The molecule has 4 amide bonds. The van der Waals surface area contributed by atoms with Crippen LogP contribution in [0, 0.1) is 5.92 Å². The quantitative estimate of drug-likeness (QED) is 0.235. The van der Waals surface area contributed by atoms with Gasteiger partial charge in [0.1, 0.15) is 12.1 Å². The van der Waals surface area contributed by atoms with Crippen LogP contribution < -0.4 is 16.1 Å². The molecule has 12 heteroatoms. The Labute approximate surface area is 187 Å². The van der Waals surface area contributed by atoms with E-state index in [1.54, 1.807) is 13.8 Å². The molecular formula is C20H31BN4O7. The molecule has 0 saturated heterocycles. The predicted molar refractivity (Wildman–Crippen MR) is 117 cm³/mol. The van der Waals surface area contributed by atoms with Crippen molar-refractivity contribution in [3.8, 4) is 0 Å². The summed E-state index contributed by atoms with van der Waals surface area (Å²) in [5.74, 6) is -2.28. The molecule has 5 N–H and O–H groups in total. The average Bonchev–Trinajstić information content (AvgIpc) is 2.77. The highest BCUT2D eigenvalue weighted by atomic mass is 16.5. The molecule has 32 heavy (non-hydrogen) atoms. The van der Waals surface area contributed by atoms with Crippen molar-refractivity contribution in [3.05, 3.63) is 35.9 Å². The lowest BCUT2D eigenvalue weighted by Crippen LogP contribution is -2.61. The molecule has 0 aliphatic heterocycles. The third kappa shape index (κ3) is 8.94. The number of nitrogens with one attached hydrogen (secondary N) is 3. The van der Waals surface area contributed by atoms with Gasteiger partial charge in [0.2, 0.25) is 11.8 Å². The monoisotopic (exact) mass is 450 g/mol. The molecule has 0 heterocycles. The van der Waals surface area contributed by atoms with Crippen LogP contribution in [0.5, 0.6) is 0 Å². The van der Waals surface area contributed by atoms with E-state index in [9.17, 15) is 19.2 Å². The maximum Gasteiger partial charge on any atom is 0.472 e. The number of hydrogen-bond acceptors (Lipinski definition) is 7. The molecule has 0 aliphatic rings. The van der Waals surface area contributed by atoms with E-state index < -0.39 is 49.5 Å². The lowest BCUT2D eigenvalue weighted by molar-refractivity contribution is -0.149. The van der Waals surface area contributed by atoms with Crippen LogP contribution in [0.2, 0.25) is 0 Å². The number of nitrogens with zero attached hydrogens (tertiary/aromatic N) is 1. The number of rotatable bonds is 10. The van der Waals surface area contributed by atoms with Gasteiger partial charge >= 0.3 is 13.2 Å². The number of benzene rings is 1. The third-order valence-corrected chi connectivity index (χ3v) is 4.60. The summed E-state index contributed by atoms with van der Waals surface area (Å²) < 4.78 is 4.54. The lowest BCUT2D eigenvalue weighted by Gasteiger charge is -2.31. The highest BCUT2D eigenvalue weighted by Crippen LogP contribution is 2.09. The SMILES string of the molecule is COC(=O)N[C@H](C(=O)NN(C(=O)CCc1ccccc1)[C@@H](C)C(=O)NCB(O)O)C(C)C. The Kier molecular flexibility index (Phi) is 11.2. The van der Waals surface area contributed by atoms with Crippen molar-refractivity contribution in [3.63, 3.8) is 0 Å². The fourth-order valence-corrected chi connectivity index (χ4v) is 2.76. The molecule has 1 aromatic rings. The fourth-order valence-electron chi connectivity index (χ4n) is 2.76. The normalized spacial score (nSPS) is 12.3. The highest BCUT2D eigenvalue weighted by molar-refractivity contribution is 6.41. The minimum atomic E-state index is -1.77. The van der Waals surface area contributed by atoms with Gasteiger partial charge in [0.05, 0.1) is 13.6 Å². The van der Waals surface area contributed by atoms with E-state index in [1.807, 2.05) is 30.3 Å². The first-order valence-electron chi connectivity index (χ1n) is 10.2. The largest absolute Gasteiger partial charge is 0.472 e. The van der Waals surface area contributed by atoms with E-state index in [2.05, 4.69) is 20.8 Å². The molecule has 0 aliphatic carbocycles. The number of amides is 4. The number of hydrogen-bond donors (Lipinski definition) is 5. The Hall–Kier alpha value is -3.12. The van der Waals surface area contributed by atoms with E-state index in [0.29, 0.717) is 6.42 Å². The summed E-state index contributed by atoms with van der Waals surface area (Å²) in [5, 5.41) is 23.5. The molecule has 0 bridgehead atoms. The van der Waals surface area contributed by atoms with Crippen molar-refractivity contribution in [2.45, 2.75) is 45.7 Å². The number of aryl methyl sites for hydroxylation is 1. The van der Waals surface area contributed by atoms with Crippen LogP contribution >= 0.6 is 0 Å². The number of hydrazine groups is 1. The molecule has 1 rings (SSSR count). The first-order chi connectivity index (χ1) is 15.1. The predicted octanol–water partition coefficient (Wildman–Crippen LogP) is -0.624. The van der Waals surface area contributed by atoms with Crippen molar-refractivity contribution in [1.29, 1.82) is 0 Å². The number of alkyl carbamates (subject to hydrolysis) is 1. The zero-order valence-corrected chi connectivity index (χ0v) is 18.7. The molecule has 2 atom stereocenters. The minimum absolute atomic E-state index is 0.00130. The van der Waals surface area contributed by atoms with E-state index in [4.69, 9.17) is 10.0 Å². The Morgan fingerprint density at radius 3 is 2.22 bits per heavy atom. The summed E-state index contributed by atoms with van der Waals surface area (Å²) in [5.41, 5.74) is 3.32. The van der Waals surface area contributed by atoms with Gasteiger partial charge in [-0.25, -0.2) is 9.80 Å². The average molecular weight is 450 g/mol. The van der Waals surface area contributed by atoms with Gasteiger partial charge in [0, 0.05) is 6.42 Å². The maximum atomic E-state index is 12.9. The van der Waals surface area contributed by atoms with Crippen LogP contribution in [0.15, 0.2) is 30.3 Å². The molecular weight excluding hydrogens is 419 g/mol. The molecule has 0 spiro atoms. The van der Waals surface area contributed by atoms with Gasteiger partial charge < -0.3 is 25.4 Å². The molecule has 0 radical (unpaired) electrons. The topological polar surface area (TPSA) is 157 Å². The second-order valence-electron chi connectivity index (χ2n) is 7.48. The van der Waals surface area contributed by atoms with Gasteiger partial charge in [0.15, 0.2) is 0 Å². The second-order valence-corrected chi connectivity index (χ2v) is 7.48. The first kappa shape index (κ1) is 26.9. The minimum Gasteiger partial charge on any atom is -0.453 e. The van der Waals surface area contributed by atoms with Crippen molar-refractivity contribution in [2.75, 3.05) is 13.6 Å². The fraction of sp³-hybridized carbons (Fsp3) is 0.500. The smallest absolute Gasteiger partial charge is 0.453 e. The van der Waals surface area contributed by atoms with Gasteiger partial charge in [-0.1, -0.05) is 44.2 Å². The maximum absolute atomic E-state index is 12.9. The summed E-state index contributed by atoms with van der Waals surface area (Å²) >= 11 is 0.